The standard InChI is InChI=1S/C18H20N4O2/c1-12(2)14-5-7-15(8-6-14)20-9-10-21-16(17(20)23)19-22(18(21)24)11-13-3-4-13/h5-10,12-13H,3-4,11H2,1-2H3. The summed E-state index contributed by atoms with van der Waals surface area (Å²) in [4.78, 5) is 25.1. The minimum atomic E-state index is -0.276. The van der Waals surface area contributed by atoms with Crippen LogP contribution in [0.3, 0.4) is 0 Å². The molecule has 0 aliphatic heterocycles. The van der Waals surface area contributed by atoms with Crippen molar-refractivity contribution in [1.82, 2.24) is 18.7 Å². The minimum Gasteiger partial charge on any atom is -0.280 e. The third-order valence-electron chi connectivity index (χ3n) is 4.61. The smallest absolute Gasteiger partial charge is 0.280 e. The molecule has 4 rings (SSSR count). The molecule has 3 aromatic rings. The lowest BCUT2D eigenvalue weighted by Crippen LogP contribution is -2.24. The summed E-state index contributed by atoms with van der Waals surface area (Å²) in [5.41, 5.74) is 1.66. The Hall–Kier alpha value is -2.63. The van der Waals surface area contributed by atoms with Crippen LogP contribution in [0.25, 0.3) is 11.3 Å². The molecule has 0 atom stereocenters. The van der Waals surface area contributed by atoms with Crippen molar-refractivity contribution in [3.8, 4) is 5.69 Å². The Balaban J connectivity index is 1.80. The molecule has 1 aromatic carbocycles. The van der Waals surface area contributed by atoms with Crippen molar-refractivity contribution in [3.05, 3.63) is 63.1 Å². The molecular weight excluding hydrogens is 304 g/mol. The van der Waals surface area contributed by atoms with Gasteiger partial charge in [0, 0.05) is 24.6 Å². The van der Waals surface area contributed by atoms with E-state index >= 15 is 0 Å². The van der Waals surface area contributed by atoms with E-state index in [1.54, 1.807) is 12.4 Å². The molecule has 0 saturated heterocycles. The Morgan fingerprint density at radius 1 is 1.12 bits per heavy atom. The monoisotopic (exact) mass is 324 g/mol. The van der Waals surface area contributed by atoms with Crippen molar-refractivity contribution in [2.75, 3.05) is 0 Å². The summed E-state index contributed by atoms with van der Waals surface area (Å²) < 4.78 is 4.29. The molecule has 2 aromatic heterocycles. The summed E-state index contributed by atoms with van der Waals surface area (Å²) in [5, 5.41) is 4.26. The van der Waals surface area contributed by atoms with Crippen LogP contribution in [0.2, 0.25) is 0 Å². The number of nitrogens with zero attached hydrogens (tertiary/aromatic N) is 4. The topological polar surface area (TPSA) is 61.3 Å². The van der Waals surface area contributed by atoms with Crippen LogP contribution in [0.15, 0.2) is 46.2 Å². The molecule has 1 saturated carbocycles. The van der Waals surface area contributed by atoms with Crippen molar-refractivity contribution >= 4 is 5.65 Å². The first-order valence-electron chi connectivity index (χ1n) is 8.36. The van der Waals surface area contributed by atoms with Gasteiger partial charge in [-0.05, 0) is 42.4 Å². The Kier molecular flexibility index (Phi) is 3.40. The van der Waals surface area contributed by atoms with Crippen LogP contribution in [0, 0.1) is 5.92 Å². The van der Waals surface area contributed by atoms with E-state index in [-0.39, 0.29) is 16.9 Å². The van der Waals surface area contributed by atoms with Crippen LogP contribution in [-0.4, -0.2) is 18.7 Å². The molecular formula is C18H20N4O2. The summed E-state index contributed by atoms with van der Waals surface area (Å²) >= 11 is 0. The highest BCUT2D eigenvalue weighted by atomic mass is 16.2. The molecule has 6 heteroatoms. The second-order valence-electron chi connectivity index (χ2n) is 6.82. The van der Waals surface area contributed by atoms with Gasteiger partial charge in [0.2, 0.25) is 5.65 Å². The average Bonchev–Trinajstić information content (AvgIpc) is 3.33. The van der Waals surface area contributed by atoms with E-state index in [2.05, 4.69) is 18.9 Å². The van der Waals surface area contributed by atoms with Gasteiger partial charge in [-0.2, -0.15) is 0 Å². The lowest BCUT2D eigenvalue weighted by Gasteiger charge is -2.08. The van der Waals surface area contributed by atoms with Crippen LogP contribution in [0.1, 0.15) is 38.2 Å². The van der Waals surface area contributed by atoms with Crippen molar-refractivity contribution < 1.29 is 0 Å². The molecule has 0 bridgehead atoms. The minimum absolute atomic E-state index is 0.177. The first-order valence-corrected chi connectivity index (χ1v) is 8.36. The summed E-state index contributed by atoms with van der Waals surface area (Å²) in [6.07, 6.45) is 5.51. The molecule has 24 heavy (non-hydrogen) atoms. The molecule has 6 nitrogen and oxygen atoms in total. The summed E-state index contributed by atoms with van der Waals surface area (Å²) in [5.74, 6) is 0.966. The Labute approximate surface area is 139 Å². The highest BCUT2D eigenvalue weighted by Crippen LogP contribution is 2.29. The van der Waals surface area contributed by atoms with Crippen molar-refractivity contribution in [2.45, 2.75) is 39.2 Å². The van der Waals surface area contributed by atoms with E-state index in [0.717, 1.165) is 18.5 Å². The Morgan fingerprint density at radius 3 is 2.46 bits per heavy atom. The molecule has 0 N–H and O–H groups in total. The third-order valence-corrected chi connectivity index (χ3v) is 4.61. The summed E-state index contributed by atoms with van der Waals surface area (Å²) in [6.45, 7) is 4.86. The van der Waals surface area contributed by atoms with Gasteiger partial charge in [0.05, 0.1) is 0 Å². The van der Waals surface area contributed by atoms with Gasteiger partial charge >= 0.3 is 11.2 Å². The Bertz CT molecular complexity index is 1000. The molecule has 1 aliphatic carbocycles. The molecule has 1 aliphatic rings. The van der Waals surface area contributed by atoms with Crippen LogP contribution >= 0.6 is 0 Å². The van der Waals surface area contributed by atoms with E-state index in [1.807, 2.05) is 24.3 Å². The SMILES string of the molecule is CC(C)c1ccc(-n2ccn3c(=O)n(CC4CC4)nc3c2=O)cc1. The largest absolute Gasteiger partial charge is 0.350 e. The Morgan fingerprint density at radius 2 is 1.83 bits per heavy atom. The van der Waals surface area contributed by atoms with Crippen LogP contribution in [0.5, 0.6) is 0 Å². The number of rotatable bonds is 4. The van der Waals surface area contributed by atoms with Gasteiger partial charge in [-0.1, -0.05) is 26.0 Å². The van der Waals surface area contributed by atoms with Crippen molar-refractivity contribution in [1.29, 1.82) is 0 Å². The number of fused-ring (bicyclic) bond motifs is 1. The van der Waals surface area contributed by atoms with Gasteiger partial charge in [0.25, 0.3) is 0 Å². The van der Waals surface area contributed by atoms with E-state index in [9.17, 15) is 9.59 Å². The van der Waals surface area contributed by atoms with E-state index < -0.39 is 0 Å². The fourth-order valence-electron chi connectivity index (χ4n) is 2.90. The average molecular weight is 324 g/mol. The fraction of sp³-hybridized carbons (Fsp3) is 0.389. The normalized spacial score (nSPS) is 14.6. The van der Waals surface area contributed by atoms with E-state index in [0.29, 0.717) is 18.4 Å². The number of benzene rings is 1. The van der Waals surface area contributed by atoms with E-state index in [4.69, 9.17) is 0 Å². The van der Waals surface area contributed by atoms with Crippen molar-refractivity contribution in [2.24, 2.45) is 5.92 Å². The number of aromatic nitrogens is 4. The molecule has 0 radical (unpaired) electrons. The third kappa shape index (κ3) is 2.48. The number of hydrogen-bond acceptors (Lipinski definition) is 3. The lowest BCUT2D eigenvalue weighted by molar-refractivity contribution is 0.545. The fourth-order valence-corrected chi connectivity index (χ4v) is 2.90. The number of hydrogen-bond donors (Lipinski definition) is 0. The molecule has 0 spiro atoms. The van der Waals surface area contributed by atoms with Crippen LogP contribution in [0.4, 0.5) is 0 Å². The van der Waals surface area contributed by atoms with E-state index in [1.165, 1.54) is 19.2 Å². The molecule has 124 valence electrons. The maximum atomic E-state index is 12.7. The van der Waals surface area contributed by atoms with Gasteiger partial charge in [-0.3, -0.25) is 9.36 Å². The maximum Gasteiger partial charge on any atom is 0.350 e. The van der Waals surface area contributed by atoms with Crippen molar-refractivity contribution in [3.63, 3.8) is 0 Å². The molecule has 1 fully saturated rings. The summed E-state index contributed by atoms with van der Waals surface area (Å²) in [7, 11) is 0. The second-order valence-corrected chi connectivity index (χ2v) is 6.82. The highest BCUT2D eigenvalue weighted by molar-refractivity contribution is 5.41. The summed E-state index contributed by atoms with van der Waals surface area (Å²) in [6, 6.07) is 7.89. The zero-order valence-electron chi connectivity index (χ0n) is 13.8. The highest BCUT2D eigenvalue weighted by Gasteiger charge is 2.24. The van der Waals surface area contributed by atoms with Gasteiger partial charge in [0.15, 0.2) is 0 Å². The molecule has 2 heterocycles. The predicted octanol–water partition coefficient (Wildman–Crippen LogP) is 2.18. The second kappa shape index (κ2) is 5.47. The predicted molar refractivity (Wildman–Crippen MR) is 91.9 cm³/mol. The molecule has 0 unspecified atom stereocenters. The van der Waals surface area contributed by atoms with Gasteiger partial charge in [0.1, 0.15) is 0 Å². The quantitative estimate of drug-likeness (QED) is 0.739. The maximum absolute atomic E-state index is 12.7. The first-order chi connectivity index (χ1) is 11.5. The first kappa shape index (κ1) is 14.9. The zero-order chi connectivity index (χ0) is 16.8. The molecule has 0 amide bonds. The van der Waals surface area contributed by atoms with Gasteiger partial charge < -0.3 is 0 Å². The van der Waals surface area contributed by atoms with Gasteiger partial charge in [-0.15, -0.1) is 5.10 Å². The van der Waals surface area contributed by atoms with Gasteiger partial charge in [-0.25, -0.2) is 13.9 Å². The zero-order valence-corrected chi connectivity index (χ0v) is 13.8. The van der Waals surface area contributed by atoms with Crippen LogP contribution < -0.4 is 11.2 Å². The van der Waals surface area contributed by atoms with Crippen LogP contribution in [-0.2, 0) is 6.54 Å². The lowest BCUT2D eigenvalue weighted by atomic mass is 10.0.